The van der Waals surface area contributed by atoms with Gasteiger partial charge in [-0.2, -0.15) is 0 Å². The summed E-state index contributed by atoms with van der Waals surface area (Å²) in [7, 11) is 0. The molecule has 0 heterocycles. The number of para-hydroxylation sites is 1. The van der Waals surface area contributed by atoms with Crippen LogP contribution in [0.5, 0.6) is 5.75 Å². The van der Waals surface area contributed by atoms with Crippen LogP contribution >= 0.6 is 0 Å². The van der Waals surface area contributed by atoms with E-state index in [4.69, 9.17) is 0 Å². The number of phenols is 1. The van der Waals surface area contributed by atoms with E-state index in [0.717, 1.165) is 0 Å². The number of rotatable bonds is 2. The van der Waals surface area contributed by atoms with Crippen LogP contribution in [0.25, 0.3) is 11.1 Å². The van der Waals surface area contributed by atoms with Gasteiger partial charge in [-0.3, -0.25) is 4.79 Å². The molecule has 0 saturated heterocycles. The van der Waals surface area contributed by atoms with Gasteiger partial charge >= 0.3 is 0 Å². The summed E-state index contributed by atoms with van der Waals surface area (Å²) in [4.78, 5) is 10.5. The van der Waals surface area contributed by atoms with Gasteiger partial charge in [0, 0.05) is 5.56 Å². The van der Waals surface area contributed by atoms with E-state index in [1.54, 1.807) is 24.3 Å². The number of hydrogen-bond donors (Lipinski definition) is 1. The molecule has 80 valence electrons. The summed E-state index contributed by atoms with van der Waals surface area (Å²) in [6.45, 7) is 0. The van der Waals surface area contributed by atoms with Crippen LogP contribution in [0.2, 0.25) is 0 Å². The second-order valence-corrected chi connectivity index (χ2v) is 3.37. The number of hydrogen-bond acceptors (Lipinski definition) is 2. The van der Waals surface area contributed by atoms with Gasteiger partial charge in [0.2, 0.25) is 0 Å². The molecular formula is C13H9FO2. The number of benzene rings is 2. The van der Waals surface area contributed by atoms with Gasteiger partial charge in [0.15, 0.2) is 6.29 Å². The molecular weight excluding hydrogens is 207 g/mol. The molecule has 0 aliphatic carbocycles. The number of carbonyl (C=O) groups excluding carboxylic acids is 1. The van der Waals surface area contributed by atoms with Crippen LogP contribution in [0.3, 0.4) is 0 Å². The van der Waals surface area contributed by atoms with E-state index in [1.165, 1.54) is 18.2 Å². The van der Waals surface area contributed by atoms with E-state index in [9.17, 15) is 14.3 Å². The van der Waals surface area contributed by atoms with Crippen molar-refractivity contribution in [3.05, 3.63) is 53.8 Å². The van der Waals surface area contributed by atoms with Gasteiger partial charge < -0.3 is 5.11 Å². The molecule has 0 spiro atoms. The third-order valence-corrected chi connectivity index (χ3v) is 2.34. The minimum Gasteiger partial charge on any atom is -0.507 e. The van der Waals surface area contributed by atoms with Gasteiger partial charge in [-0.1, -0.05) is 24.3 Å². The van der Waals surface area contributed by atoms with Crippen molar-refractivity contribution in [2.24, 2.45) is 0 Å². The van der Waals surface area contributed by atoms with Crippen LogP contribution in [0, 0.1) is 5.82 Å². The zero-order chi connectivity index (χ0) is 11.5. The number of aldehydes is 1. The minimum absolute atomic E-state index is 0.0131. The number of phenolic OH excluding ortho intramolecular Hbond substituents is 1. The highest BCUT2D eigenvalue weighted by Gasteiger charge is 2.06. The van der Waals surface area contributed by atoms with Crippen LogP contribution in [0.1, 0.15) is 10.4 Å². The highest BCUT2D eigenvalue weighted by atomic mass is 19.1. The van der Waals surface area contributed by atoms with Crippen molar-refractivity contribution < 1.29 is 14.3 Å². The first kappa shape index (κ1) is 10.4. The van der Waals surface area contributed by atoms with Crippen molar-refractivity contribution in [1.29, 1.82) is 0 Å². The van der Waals surface area contributed by atoms with Crippen molar-refractivity contribution in [3.8, 4) is 16.9 Å². The summed E-state index contributed by atoms with van der Waals surface area (Å²) in [5, 5.41) is 9.59. The predicted molar refractivity (Wildman–Crippen MR) is 58.9 cm³/mol. The van der Waals surface area contributed by atoms with Crippen molar-refractivity contribution in [2.75, 3.05) is 0 Å². The molecule has 0 saturated carbocycles. The topological polar surface area (TPSA) is 37.3 Å². The number of aromatic hydroxyl groups is 1. The van der Waals surface area contributed by atoms with E-state index in [-0.39, 0.29) is 11.3 Å². The second kappa shape index (κ2) is 4.14. The highest BCUT2D eigenvalue weighted by molar-refractivity contribution is 5.78. The SMILES string of the molecule is O=Cc1ccc(-c2ccccc2O)cc1F. The van der Waals surface area contributed by atoms with Crippen molar-refractivity contribution in [3.63, 3.8) is 0 Å². The molecule has 0 amide bonds. The molecule has 16 heavy (non-hydrogen) atoms. The van der Waals surface area contributed by atoms with E-state index in [2.05, 4.69) is 0 Å². The summed E-state index contributed by atoms with van der Waals surface area (Å²) in [6.07, 6.45) is 0.462. The fourth-order valence-electron chi connectivity index (χ4n) is 1.51. The Morgan fingerprint density at radius 3 is 2.50 bits per heavy atom. The normalized spacial score (nSPS) is 10.1. The monoisotopic (exact) mass is 216 g/mol. The Bertz CT molecular complexity index is 535. The first-order valence-electron chi connectivity index (χ1n) is 4.75. The average Bonchev–Trinajstić information content (AvgIpc) is 2.29. The molecule has 0 aliphatic rings. The van der Waals surface area contributed by atoms with Crippen LogP contribution in [0.15, 0.2) is 42.5 Å². The molecule has 0 atom stereocenters. The third-order valence-electron chi connectivity index (χ3n) is 2.34. The average molecular weight is 216 g/mol. The molecule has 3 heteroatoms. The first-order chi connectivity index (χ1) is 7.72. The Morgan fingerprint density at radius 2 is 1.88 bits per heavy atom. The van der Waals surface area contributed by atoms with Gasteiger partial charge in [0.1, 0.15) is 11.6 Å². The van der Waals surface area contributed by atoms with E-state index < -0.39 is 5.82 Å². The molecule has 0 fully saturated rings. The van der Waals surface area contributed by atoms with E-state index in [1.807, 2.05) is 0 Å². The lowest BCUT2D eigenvalue weighted by Crippen LogP contribution is -1.88. The van der Waals surface area contributed by atoms with Gasteiger partial charge in [-0.15, -0.1) is 0 Å². The first-order valence-corrected chi connectivity index (χ1v) is 4.75. The fourth-order valence-corrected chi connectivity index (χ4v) is 1.51. The molecule has 2 aromatic carbocycles. The molecule has 2 aromatic rings. The Hall–Kier alpha value is -2.16. The lowest BCUT2D eigenvalue weighted by Gasteiger charge is -2.05. The van der Waals surface area contributed by atoms with E-state index in [0.29, 0.717) is 17.4 Å². The van der Waals surface area contributed by atoms with E-state index >= 15 is 0 Å². The molecule has 0 bridgehead atoms. The highest BCUT2D eigenvalue weighted by Crippen LogP contribution is 2.29. The smallest absolute Gasteiger partial charge is 0.152 e. The minimum atomic E-state index is -0.587. The molecule has 0 radical (unpaired) electrons. The molecule has 1 N–H and O–H groups in total. The maximum absolute atomic E-state index is 13.4. The van der Waals surface area contributed by atoms with Gasteiger partial charge in [-0.25, -0.2) is 4.39 Å². The molecule has 0 aromatic heterocycles. The van der Waals surface area contributed by atoms with Crippen LogP contribution in [0.4, 0.5) is 4.39 Å². The maximum Gasteiger partial charge on any atom is 0.152 e. The molecule has 0 unspecified atom stereocenters. The summed E-state index contributed by atoms with van der Waals surface area (Å²) in [6, 6.07) is 10.9. The Morgan fingerprint density at radius 1 is 1.12 bits per heavy atom. The van der Waals surface area contributed by atoms with Gasteiger partial charge in [-0.05, 0) is 23.8 Å². The molecule has 0 aliphatic heterocycles. The summed E-state index contributed by atoms with van der Waals surface area (Å²) in [5.74, 6) is -0.503. The maximum atomic E-state index is 13.4. The van der Waals surface area contributed by atoms with Crippen molar-refractivity contribution >= 4 is 6.29 Å². The van der Waals surface area contributed by atoms with Crippen LogP contribution in [-0.2, 0) is 0 Å². The molecule has 2 rings (SSSR count). The predicted octanol–water partition coefficient (Wildman–Crippen LogP) is 3.01. The van der Waals surface area contributed by atoms with Crippen LogP contribution < -0.4 is 0 Å². The zero-order valence-corrected chi connectivity index (χ0v) is 8.35. The Kier molecular flexibility index (Phi) is 2.68. The standard InChI is InChI=1S/C13H9FO2/c14-12-7-9(5-6-10(12)8-15)11-3-1-2-4-13(11)16/h1-8,16H. The fraction of sp³-hybridized carbons (Fsp3) is 0. The molecule has 2 nitrogen and oxygen atoms in total. The van der Waals surface area contributed by atoms with Crippen LogP contribution in [-0.4, -0.2) is 11.4 Å². The van der Waals surface area contributed by atoms with Crippen molar-refractivity contribution in [2.45, 2.75) is 0 Å². The second-order valence-electron chi connectivity index (χ2n) is 3.37. The van der Waals surface area contributed by atoms with Gasteiger partial charge in [0.05, 0.1) is 5.56 Å². The van der Waals surface area contributed by atoms with Crippen molar-refractivity contribution in [1.82, 2.24) is 0 Å². The largest absolute Gasteiger partial charge is 0.507 e. The quantitative estimate of drug-likeness (QED) is 0.783. The summed E-state index contributed by atoms with van der Waals surface area (Å²) < 4.78 is 13.4. The lowest BCUT2D eigenvalue weighted by atomic mass is 10.0. The lowest BCUT2D eigenvalue weighted by molar-refractivity contribution is 0.112. The van der Waals surface area contributed by atoms with Gasteiger partial charge in [0.25, 0.3) is 0 Å². The number of halogens is 1. The number of carbonyl (C=O) groups is 1. The summed E-state index contributed by atoms with van der Waals surface area (Å²) >= 11 is 0. The Balaban J connectivity index is 2.54. The Labute approximate surface area is 92.0 Å². The zero-order valence-electron chi connectivity index (χ0n) is 8.35. The summed E-state index contributed by atoms with van der Waals surface area (Å²) in [5.41, 5.74) is 1.10. The third kappa shape index (κ3) is 1.80.